The molecule has 2 N–H and O–H groups in total. The summed E-state index contributed by atoms with van der Waals surface area (Å²) < 4.78 is 16.4. The molecule has 0 fully saturated rings. The van der Waals surface area contributed by atoms with Crippen LogP contribution in [0, 0.1) is 0 Å². The summed E-state index contributed by atoms with van der Waals surface area (Å²) in [5.74, 6) is 1.94. The SMILES string of the molecule is CCOc1ccc(C=CC(O)c2ccc(O)cc2OC)c(OCC)c1. The minimum absolute atomic E-state index is 0.0851. The fourth-order valence-electron chi connectivity index (χ4n) is 2.43. The molecule has 0 saturated carbocycles. The molecule has 0 aliphatic carbocycles. The zero-order valence-corrected chi connectivity index (χ0v) is 14.7. The van der Waals surface area contributed by atoms with Crippen molar-refractivity contribution in [3.8, 4) is 23.0 Å². The highest BCUT2D eigenvalue weighted by Crippen LogP contribution is 2.31. The number of aliphatic hydroxyl groups excluding tert-OH is 1. The van der Waals surface area contributed by atoms with Crippen LogP contribution in [0.1, 0.15) is 31.1 Å². The Morgan fingerprint density at radius 1 is 1.00 bits per heavy atom. The van der Waals surface area contributed by atoms with Gasteiger partial charge in [0, 0.05) is 23.3 Å². The molecule has 1 atom stereocenters. The highest BCUT2D eigenvalue weighted by molar-refractivity contribution is 5.60. The molecule has 1 unspecified atom stereocenters. The molecular formula is C20H24O5. The lowest BCUT2D eigenvalue weighted by atomic mass is 10.1. The van der Waals surface area contributed by atoms with Gasteiger partial charge in [-0.2, -0.15) is 0 Å². The molecule has 0 spiro atoms. The maximum atomic E-state index is 10.4. The van der Waals surface area contributed by atoms with E-state index >= 15 is 0 Å². The molecule has 0 aliphatic rings. The van der Waals surface area contributed by atoms with Crippen LogP contribution in [-0.4, -0.2) is 30.5 Å². The fraction of sp³-hybridized carbons (Fsp3) is 0.300. The summed E-state index contributed by atoms with van der Waals surface area (Å²) in [5.41, 5.74) is 1.41. The number of aliphatic hydroxyl groups is 1. The Kier molecular flexibility index (Phi) is 6.71. The smallest absolute Gasteiger partial charge is 0.130 e. The summed E-state index contributed by atoms with van der Waals surface area (Å²) in [6.45, 7) is 4.96. The molecule has 134 valence electrons. The lowest BCUT2D eigenvalue weighted by Gasteiger charge is -2.13. The van der Waals surface area contributed by atoms with Gasteiger partial charge in [0.15, 0.2) is 0 Å². The van der Waals surface area contributed by atoms with E-state index in [1.807, 2.05) is 32.0 Å². The van der Waals surface area contributed by atoms with Crippen LogP contribution < -0.4 is 14.2 Å². The number of methoxy groups -OCH3 is 1. The average Bonchev–Trinajstić information content (AvgIpc) is 2.61. The van der Waals surface area contributed by atoms with Crippen molar-refractivity contribution in [2.75, 3.05) is 20.3 Å². The largest absolute Gasteiger partial charge is 0.508 e. The number of benzene rings is 2. The monoisotopic (exact) mass is 344 g/mol. The predicted octanol–water partition coefficient (Wildman–Crippen LogP) is 3.95. The van der Waals surface area contributed by atoms with Crippen LogP contribution in [-0.2, 0) is 0 Å². The second kappa shape index (κ2) is 8.99. The molecule has 0 amide bonds. The van der Waals surface area contributed by atoms with E-state index in [0.29, 0.717) is 30.3 Å². The third-order valence-electron chi connectivity index (χ3n) is 3.59. The van der Waals surface area contributed by atoms with Crippen LogP contribution in [0.5, 0.6) is 23.0 Å². The highest BCUT2D eigenvalue weighted by Gasteiger charge is 2.12. The van der Waals surface area contributed by atoms with E-state index in [1.165, 1.54) is 19.2 Å². The summed E-state index contributed by atoms with van der Waals surface area (Å²) in [6.07, 6.45) is 2.56. The van der Waals surface area contributed by atoms with E-state index in [9.17, 15) is 10.2 Å². The van der Waals surface area contributed by atoms with E-state index in [2.05, 4.69) is 0 Å². The number of phenols is 1. The van der Waals surface area contributed by atoms with Crippen molar-refractivity contribution in [2.24, 2.45) is 0 Å². The van der Waals surface area contributed by atoms with E-state index in [4.69, 9.17) is 14.2 Å². The topological polar surface area (TPSA) is 68.2 Å². The average molecular weight is 344 g/mol. The predicted molar refractivity (Wildman–Crippen MR) is 97.4 cm³/mol. The van der Waals surface area contributed by atoms with Gasteiger partial charge in [0.2, 0.25) is 0 Å². The Morgan fingerprint density at radius 2 is 1.76 bits per heavy atom. The van der Waals surface area contributed by atoms with Gasteiger partial charge in [-0.05, 0) is 38.1 Å². The van der Waals surface area contributed by atoms with Gasteiger partial charge in [-0.1, -0.05) is 12.2 Å². The molecule has 0 aromatic heterocycles. The molecule has 0 bridgehead atoms. The van der Waals surface area contributed by atoms with Crippen LogP contribution in [0.25, 0.3) is 6.08 Å². The maximum absolute atomic E-state index is 10.4. The quantitative estimate of drug-likeness (QED) is 0.759. The zero-order chi connectivity index (χ0) is 18.2. The third kappa shape index (κ3) is 4.90. The number of phenolic OH excluding ortho intramolecular Hbond substituents is 1. The number of hydrogen-bond acceptors (Lipinski definition) is 5. The van der Waals surface area contributed by atoms with E-state index in [-0.39, 0.29) is 5.75 Å². The van der Waals surface area contributed by atoms with Gasteiger partial charge in [-0.25, -0.2) is 0 Å². The molecule has 0 heterocycles. The van der Waals surface area contributed by atoms with E-state index < -0.39 is 6.10 Å². The number of hydrogen-bond donors (Lipinski definition) is 2. The van der Waals surface area contributed by atoms with Gasteiger partial charge in [0.25, 0.3) is 0 Å². The summed E-state index contributed by atoms with van der Waals surface area (Å²) in [7, 11) is 1.49. The van der Waals surface area contributed by atoms with Crippen LogP contribution in [0.15, 0.2) is 42.5 Å². The Bertz CT molecular complexity index is 724. The first-order valence-electron chi connectivity index (χ1n) is 8.21. The van der Waals surface area contributed by atoms with Gasteiger partial charge >= 0.3 is 0 Å². The van der Waals surface area contributed by atoms with Crippen molar-refractivity contribution in [1.29, 1.82) is 0 Å². The Morgan fingerprint density at radius 3 is 2.44 bits per heavy atom. The van der Waals surface area contributed by atoms with Crippen LogP contribution >= 0.6 is 0 Å². The summed E-state index contributed by atoms with van der Waals surface area (Å²) >= 11 is 0. The molecular weight excluding hydrogens is 320 g/mol. The van der Waals surface area contributed by atoms with Crippen molar-refractivity contribution >= 4 is 6.08 Å². The van der Waals surface area contributed by atoms with E-state index in [0.717, 1.165) is 11.3 Å². The maximum Gasteiger partial charge on any atom is 0.130 e. The fourth-order valence-corrected chi connectivity index (χ4v) is 2.43. The lowest BCUT2D eigenvalue weighted by Crippen LogP contribution is -1.99. The second-order valence-electron chi connectivity index (χ2n) is 5.30. The first-order chi connectivity index (χ1) is 12.1. The summed E-state index contributed by atoms with van der Waals surface area (Å²) in [5, 5.41) is 19.9. The molecule has 2 aromatic rings. The zero-order valence-electron chi connectivity index (χ0n) is 14.7. The summed E-state index contributed by atoms with van der Waals surface area (Å²) in [6, 6.07) is 10.2. The van der Waals surface area contributed by atoms with Crippen LogP contribution in [0.3, 0.4) is 0 Å². The van der Waals surface area contributed by atoms with Crippen LogP contribution in [0.4, 0.5) is 0 Å². The van der Waals surface area contributed by atoms with Gasteiger partial charge in [0.1, 0.15) is 29.1 Å². The highest BCUT2D eigenvalue weighted by atomic mass is 16.5. The Labute approximate surface area is 148 Å². The molecule has 0 radical (unpaired) electrons. The molecule has 0 saturated heterocycles. The summed E-state index contributed by atoms with van der Waals surface area (Å²) in [4.78, 5) is 0. The van der Waals surface area contributed by atoms with E-state index in [1.54, 1.807) is 18.2 Å². The van der Waals surface area contributed by atoms with Gasteiger partial charge in [-0.15, -0.1) is 0 Å². The Balaban J connectivity index is 2.25. The number of ether oxygens (including phenoxy) is 3. The Hall–Kier alpha value is -2.66. The number of aromatic hydroxyl groups is 1. The third-order valence-corrected chi connectivity index (χ3v) is 3.59. The van der Waals surface area contributed by atoms with Crippen molar-refractivity contribution in [2.45, 2.75) is 20.0 Å². The van der Waals surface area contributed by atoms with Crippen molar-refractivity contribution < 1.29 is 24.4 Å². The minimum atomic E-state index is -0.878. The standard InChI is InChI=1S/C20H24O5/c1-4-24-16-9-6-14(19(13-16)25-5-2)7-11-18(22)17-10-8-15(21)12-20(17)23-3/h6-13,18,21-22H,4-5H2,1-3H3. The van der Waals surface area contributed by atoms with Crippen molar-refractivity contribution in [3.05, 3.63) is 53.6 Å². The molecule has 5 heteroatoms. The molecule has 25 heavy (non-hydrogen) atoms. The van der Waals surface area contributed by atoms with Gasteiger partial charge in [-0.3, -0.25) is 0 Å². The lowest BCUT2D eigenvalue weighted by molar-refractivity contribution is 0.223. The van der Waals surface area contributed by atoms with Crippen LogP contribution in [0.2, 0.25) is 0 Å². The molecule has 5 nitrogen and oxygen atoms in total. The minimum Gasteiger partial charge on any atom is -0.508 e. The first-order valence-corrected chi connectivity index (χ1v) is 8.21. The van der Waals surface area contributed by atoms with Gasteiger partial charge in [0.05, 0.1) is 20.3 Å². The molecule has 2 aromatic carbocycles. The second-order valence-corrected chi connectivity index (χ2v) is 5.30. The normalized spacial score (nSPS) is 12.2. The molecule has 2 rings (SSSR count). The van der Waals surface area contributed by atoms with Gasteiger partial charge < -0.3 is 24.4 Å². The number of rotatable bonds is 8. The molecule has 0 aliphatic heterocycles. The van der Waals surface area contributed by atoms with Crippen molar-refractivity contribution in [3.63, 3.8) is 0 Å². The van der Waals surface area contributed by atoms with Crippen molar-refractivity contribution in [1.82, 2.24) is 0 Å². The first kappa shape index (κ1) is 18.7.